The fraction of sp³-hybridized carbons (Fsp3) is 0.429. The van der Waals surface area contributed by atoms with Gasteiger partial charge in [0.2, 0.25) is 0 Å². The molecule has 1 amide bonds. The number of hydrogen-bond donors (Lipinski definition) is 0. The van der Waals surface area contributed by atoms with Crippen molar-refractivity contribution in [3.05, 3.63) is 53.3 Å². The van der Waals surface area contributed by atoms with Crippen LogP contribution in [0.5, 0.6) is 0 Å². The largest absolute Gasteiger partial charge is 0.452 e. The molecular formula is C21H26N2O4. The molecule has 144 valence electrons. The van der Waals surface area contributed by atoms with Crippen molar-refractivity contribution in [3.8, 4) is 5.69 Å². The third-order valence-corrected chi connectivity index (χ3v) is 4.73. The first-order chi connectivity index (χ1) is 12.8. The van der Waals surface area contributed by atoms with Gasteiger partial charge in [0.25, 0.3) is 5.91 Å². The van der Waals surface area contributed by atoms with Crippen molar-refractivity contribution in [1.29, 1.82) is 0 Å². The summed E-state index contributed by atoms with van der Waals surface area (Å²) in [5, 5.41) is 0. The van der Waals surface area contributed by atoms with E-state index >= 15 is 0 Å². The topological polar surface area (TPSA) is 60.8 Å². The van der Waals surface area contributed by atoms with E-state index in [1.54, 1.807) is 17.0 Å². The highest BCUT2D eigenvalue weighted by Crippen LogP contribution is 2.17. The number of esters is 1. The van der Waals surface area contributed by atoms with Crippen molar-refractivity contribution in [2.75, 3.05) is 19.7 Å². The number of aryl methyl sites for hydroxylation is 2. The predicted octanol–water partition coefficient (Wildman–Crippen LogP) is 2.89. The van der Waals surface area contributed by atoms with Crippen LogP contribution in [-0.4, -0.2) is 53.2 Å². The summed E-state index contributed by atoms with van der Waals surface area (Å²) in [5.74, 6) is -0.689. The van der Waals surface area contributed by atoms with Crippen LogP contribution >= 0.6 is 0 Å². The maximum absolute atomic E-state index is 12.3. The number of hydrogen-bond acceptors (Lipinski definition) is 4. The fourth-order valence-corrected chi connectivity index (χ4v) is 3.51. The quantitative estimate of drug-likeness (QED) is 0.777. The second kappa shape index (κ2) is 7.96. The van der Waals surface area contributed by atoms with E-state index in [1.807, 2.05) is 39.8 Å². The van der Waals surface area contributed by atoms with E-state index < -0.39 is 5.97 Å². The number of carbonyl (C=O) groups excluding carboxylic acids is 2. The van der Waals surface area contributed by atoms with Crippen LogP contribution in [0.15, 0.2) is 36.4 Å². The maximum Gasteiger partial charge on any atom is 0.338 e. The first-order valence-electron chi connectivity index (χ1n) is 9.21. The maximum atomic E-state index is 12.3. The lowest BCUT2D eigenvalue weighted by Gasteiger charge is -2.35. The molecule has 2 heterocycles. The normalized spacial score (nSPS) is 19.8. The minimum atomic E-state index is -0.495. The molecule has 2 atom stereocenters. The summed E-state index contributed by atoms with van der Waals surface area (Å²) in [7, 11) is 0. The van der Waals surface area contributed by atoms with Gasteiger partial charge in [-0.25, -0.2) is 4.79 Å². The van der Waals surface area contributed by atoms with Gasteiger partial charge in [0, 0.05) is 30.2 Å². The Labute approximate surface area is 159 Å². The summed E-state index contributed by atoms with van der Waals surface area (Å²) in [6.07, 6.45) is -0.0249. The van der Waals surface area contributed by atoms with Crippen molar-refractivity contribution < 1.29 is 19.1 Å². The van der Waals surface area contributed by atoms with Gasteiger partial charge in [0.1, 0.15) is 0 Å². The highest BCUT2D eigenvalue weighted by Gasteiger charge is 2.26. The molecule has 1 aromatic heterocycles. The molecule has 2 aromatic rings. The van der Waals surface area contributed by atoms with Crippen LogP contribution in [0.2, 0.25) is 0 Å². The Morgan fingerprint density at radius 3 is 2.11 bits per heavy atom. The Kier molecular flexibility index (Phi) is 5.65. The summed E-state index contributed by atoms with van der Waals surface area (Å²) >= 11 is 0. The van der Waals surface area contributed by atoms with E-state index in [4.69, 9.17) is 9.47 Å². The Morgan fingerprint density at radius 1 is 1.00 bits per heavy atom. The molecule has 1 aliphatic rings. The van der Waals surface area contributed by atoms with Crippen LogP contribution in [0.25, 0.3) is 5.69 Å². The van der Waals surface area contributed by atoms with E-state index in [1.165, 1.54) is 0 Å². The molecule has 0 radical (unpaired) electrons. The highest BCUT2D eigenvalue weighted by molar-refractivity contribution is 5.91. The van der Waals surface area contributed by atoms with Crippen LogP contribution in [0.1, 0.15) is 35.6 Å². The average Bonchev–Trinajstić information content (AvgIpc) is 2.97. The van der Waals surface area contributed by atoms with Gasteiger partial charge in [0.15, 0.2) is 6.61 Å². The van der Waals surface area contributed by atoms with E-state index in [2.05, 4.69) is 16.7 Å². The van der Waals surface area contributed by atoms with Crippen molar-refractivity contribution in [2.24, 2.45) is 0 Å². The van der Waals surface area contributed by atoms with Gasteiger partial charge in [-0.1, -0.05) is 0 Å². The number of morpholine rings is 1. The zero-order valence-corrected chi connectivity index (χ0v) is 16.3. The molecule has 6 nitrogen and oxygen atoms in total. The highest BCUT2D eigenvalue weighted by atomic mass is 16.5. The Hall–Kier alpha value is -2.60. The minimum absolute atomic E-state index is 0.0125. The SMILES string of the molecule is Cc1ccc(C)n1-c1ccc(C(=O)OCC(=O)N2CC(C)OC(C)C2)cc1. The number of aromatic nitrogens is 1. The van der Waals surface area contributed by atoms with Gasteiger partial charge >= 0.3 is 5.97 Å². The van der Waals surface area contributed by atoms with Crippen molar-refractivity contribution >= 4 is 11.9 Å². The first kappa shape index (κ1) is 19.2. The lowest BCUT2D eigenvalue weighted by Crippen LogP contribution is -2.49. The van der Waals surface area contributed by atoms with Gasteiger partial charge in [-0.15, -0.1) is 0 Å². The minimum Gasteiger partial charge on any atom is -0.452 e. The van der Waals surface area contributed by atoms with E-state index in [0.717, 1.165) is 17.1 Å². The summed E-state index contributed by atoms with van der Waals surface area (Å²) in [4.78, 5) is 26.3. The molecule has 1 aliphatic heterocycles. The first-order valence-corrected chi connectivity index (χ1v) is 9.21. The zero-order valence-electron chi connectivity index (χ0n) is 16.3. The number of benzene rings is 1. The van der Waals surface area contributed by atoms with Crippen molar-refractivity contribution in [3.63, 3.8) is 0 Å². The third kappa shape index (κ3) is 4.39. The Morgan fingerprint density at radius 2 is 1.56 bits per heavy atom. The lowest BCUT2D eigenvalue weighted by atomic mass is 10.2. The molecule has 0 bridgehead atoms. The molecule has 6 heteroatoms. The smallest absolute Gasteiger partial charge is 0.338 e. The number of rotatable bonds is 4. The molecular weight excluding hydrogens is 344 g/mol. The second-order valence-corrected chi connectivity index (χ2v) is 7.13. The molecule has 0 aliphatic carbocycles. The molecule has 0 spiro atoms. The van der Waals surface area contributed by atoms with Crippen LogP contribution in [0.3, 0.4) is 0 Å². The predicted molar refractivity (Wildman–Crippen MR) is 102 cm³/mol. The summed E-state index contributed by atoms with van der Waals surface area (Å²) in [5.41, 5.74) is 3.67. The van der Waals surface area contributed by atoms with E-state index in [-0.39, 0.29) is 24.7 Å². The van der Waals surface area contributed by atoms with Crippen LogP contribution in [0.4, 0.5) is 0 Å². The van der Waals surface area contributed by atoms with Crippen LogP contribution in [-0.2, 0) is 14.3 Å². The molecule has 3 rings (SSSR count). The van der Waals surface area contributed by atoms with Gasteiger partial charge in [-0.2, -0.15) is 0 Å². The van der Waals surface area contributed by atoms with E-state index in [0.29, 0.717) is 18.7 Å². The van der Waals surface area contributed by atoms with Gasteiger partial charge in [-0.05, 0) is 64.1 Å². The molecule has 1 aromatic carbocycles. The standard InChI is InChI=1S/C21H26N2O4/c1-14-5-6-15(2)23(14)19-9-7-18(8-10-19)21(25)26-13-20(24)22-11-16(3)27-17(4)12-22/h5-10,16-17H,11-13H2,1-4H3. The number of ether oxygens (including phenoxy) is 2. The molecule has 27 heavy (non-hydrogen) atoms. The summed E-state index contributed by atoms with van der Waals surface area (Å²) < 4.78 is 12.9. The molecule has 0 N–H and O–H groups in total. The average molecular weight is 370 g/mol. The molecule has 2 unspecified atom stereocenters. The van der Waals surface area contributed by atoms with Gasteiger partial charge < -0.3 is 18.9 Å². The van der Waals surface area contributed by atoms with Gasteiger partial charge in [-0.3, -0.25) is 4.79 Å². The van der Waals surface area contributed by atoms with Crippen LogP contribution < -0.4 is 0 Å². The molecule has 1 fully saturated rings. The van der Waals surface area contributed by atoms with E-state index in [9.17, 15) is 9.59 Å². The summed E-state index contributed by atoms with van der Waals surface area (Å²) in [6, 6.07) is 11.3. The van der Waals surface area contributed by atoms with Crippen molar-refractivity contribution in [1.82, 2.24) is 9.47 Å². The Balaban J connectivity index is 1.59. The zero-order chi connectivity index (χ0) is 19.6. The number of carbonyl (C=O) groups is 2. The fourth-order valence-electron chi connectivity index (χ4n) is 3.51. The number of nitrogens with zero attached hydrogens (tertiary/aromatic N) is 2. The monoisotopic (exact) mass is 370 g/mol. The van der Waals surface area contributed by atoms with Crippen molar-refractivity contribution in [2.45, 2.75) is 39.9 Å². The van der Waals surface area contributed by atoms with Gasteiger partial charge in [0.05, 0.1) is 17.8 Å². The summed E-state index contributed by atoms with van der Waals surface area (Å²) in [6.45, 7) is 8.71. The lowest BCUT2D eigenvalue weighted by molar-refractivity contribution is -0.146. The third-order valence-electron chi connectivity index (χ3n) is 4.73. The Bertz CT molecular complexity index is 796. The number of amides is 1. The molecule has 1 saturated heterocycles. The molecule has 0 saturated carbocycles. The second-order valence-electron chi connectivity index (χ2n) is 7.13. The van der Waals surface area contributed by atoms with Crippen LogP contribution in [0, 0.1) is 13.8 Å².